The van der Waals surface area contributed by atoms with Gasteiger partial charge >= 0.3 is 6.18 Å². The van der Waals surface area contributed by atoms with Crippen LogP contribution in [-0.2, 0) is 6.18 Å². The third-order valence-corrected chi connectivity index (χ3v) is 4.85. The van der Waals surface area contributed by atoms with Crippen LogP contribution in [0.3, 0.4) is 0 Å². The second-order valence-corrected chi connectivity index (χ2v) is 7.57. The Bertz CT molecular complexity index is 1080. The summed E-state index contributed by atoms with van der Waals surface area (Å²) < 4.78 is 42.6. The van der Waals surface area contributed by atoms with E-state index in [0.29, 0.717) is 16.2 Å². The molecule has 2 aromatic carbocycles. The van der Waals surface area contributed by atoms with Crippen molar-refractivity contribution in [2.75, 3.05) is 5.32 Å². The molecule has 0 saturated carbocycles. The molecule has 0 atom stereocenters. The van der Waals surface area contributed by atoms with E-state index in [0.717, 1.165) is 15.2 Å². The predicted molar refractivity (Wildman–Crippen MR) is 107 cm³/mol. The largest absolute Gasteiger partial charge is 0.431 e. The Morgan fingerprint density at radius 1 is 0.929 bits per heavy atom. The zero-order valence-electron chi connectivity index (χ0n) is 13.9. The van der Waals surface area contributed by atoms with E-state index in [4.69, 9.17) is 0 Å². The zero-order valence-corrected chi connectivity index (χ0v) is 17.1. The van der Waals surface area contributed by atoms with Crippen LogP contribution in [0.2, 0.25) is 0 Å². The van der Waals surface area contributed by atoms with Crippen LogP contribution in [0.1, 0.15) is 16.1 Å². The van der Waals surface area contributed by atoms with E-state index in [9.17, 15) is 22.8 Å². The minimum atomic E-state index is -4.77. The summed E-state index contributed by atoms with van der Waals surface area (Å²) in [5, 5.41) is 2.51. The van der Waals surface area contributed by atoms with Crippen LogP contribution in [0.5, 0.6) is 0 Å². The van der Waals surface area contributed by atoms with Gasteiger partial charge in [-0.05, 0) is 48.5 Å². The molecular formula is C19H11Br2F3N2O2. The van der Waals surface area contributed by atoms with Gasteiger partial charge in [-0.3, -0.25) is 9.59 Å². The lowest BCUT2D eigenvalue weighted by atomic mass is 10.2. The molecule has 4 nitrogen and oxygen atoms in total. The van der Waals surface area contributed by atoms with Crippen LogP contribution in [0.15, 0.2) is 74.5 Å². The number of halogens is 5. The average Bonchev–Trinajstić information content (AvgIpc) is 2.63. The molecule has 1 N–H and O–H groups in total. The Morgan fingerprint density at radius 3 is 2.00 bits per heavy atom. The van der Waals surface area contributed by atoms with Gasteiger partial charge in [-0.25, -0.2) is 0 Å². The summed E-state index contributed by atoms with van der Waals surface area (Å²) in [5.74, 6) is -0.799. The summed E-state index contributed by atoms with van der Waals surface area (Å²) in [7, 11) is 0. The summed E-state index contributed by atoms with van der Waals surface area (Å²) in [6.45, 7) is 0. The number of carbonyl (C=O) groups is 1. The standard InChI is InChI=1S/C19H11Br2F3N2O2/c20-11-1-5-13(6-2-11)25-18(28)15-10-26(14-7-3-12(21)4-8-14)17(9-16(15)27)19(22,23)24/h1-10H,(H,25,28). The Balaban J connectivity index is 2.08. The summed E-state index contributed by atoms with van der Waals surface area (Å²) >= 11 is 6.48. The van der Waals surface area contributed by atoms with Crippen LogP contribution in [0.25, 0.3) is 5.69 Å². The molecule has 0 bridgehead atoms. The number of nitrogens with zero attached hydrogens (tertiary/aromatic N) is 1. The fraction of sp³-hybridized carbons (Fsp3) is 0.0526. The smallest absolute Gasteiger partial charge is 0.322 e. The van der Waals surface area contributed by atoms with E-state index >= 15 is 0 Å². The normalized spacial score (nSPS) is 11.3. The average molecular weight is 516 g/mol. The number of alkyl halides is 3. The molecule has 3 rings (SSSR count). The number of pyridine rings is 1. The van der Waals surface area contributed by atoms with Crippen molar-refractivity contribution in [3.8, 4) is 5.69 Å². The SMILES string of the molecule is O=C(Nc1ccc(Br)cc1)c1cn(-c2ccc(Br)cc2)c(C(F)(F)F)cc1=O. The van der Waals surface area contributed by atoms with Gasteiger partial charge in [0.25, 0.3) is 5.91 Å². The highest BCUT2D eigenvalue weighted by Gasteiger charge is 2.35. The maximum Gasteiger partial charge on any atom is 0.431 e. The topological polar surface area (TPSA) is 51.1 Å². The molecule has 0 aliphatic heterocycles. The Labute approximate surface area is 174 Å². The van der Waals surface area contributed by atoms with Gasteiger partial charge in [-0.1, -0.05) is 31.9 Å². The van der Waals surface area contributed by atoms with Crippen molar-refractivity contribution in [3.05, 3.63) is 91.2 Å². The number of hydrogen-bond acceptors (Lipinski definition) is 2. The van der Waals surface area contributed by atoms with Crippen molar-refractivity contribution in [1.29, 1.82) is 0 Å². The number of hydrogen-bond donors (Lipinski definition) is 1. The molecule has 0 radical (unpaired) electrons. The van der Waals surface area contributed by atoms with Crippen molar-refractivity contribution in [2.24, 2.45) is 0 Å². The molecule has 0 aliphatic carbocycles. The van der Waals surface area contributed by atoms with Gasteiger partial charge in [0.05, 0.1) is 0 Å². The first kappa shape index (κ1) is 20.3. The minimum absolute atomic E-state index is 0.160. The van der Waals surface area contributed by atoms with Crippen molar-refractivity contribution < 1.29 is 18.0 Å². The second-order valence-electron chi connectivity index (χ2n) is 5.74. The highest BCUT2D eigenvalue weighted by atomic mass is 79.9. The van der Waals surface area contributed by atoms with E-state index in [1.54, 1.807) is 36.4 Å². The molecule has 28 heavy (non-hydrogen) atoms. The molecule has 3 aromatic rings. The molecule has 144 valence electrons. The van der Waals surface area contributed by atoms with Gasteiger partial charge in [0.2, 0.25) is 0 Å². The summed E-state index contributed by atoms with van der Waals surface area (Å²) in [6.07, 6.45) is -3.87. The van der Waals surface area contributed by atoms with Gasteiger partial charge in [0.15, 0.2) is 5.43 Å². The van der Waals surface area contributed by atoms with Crippen LogP contribution in [-0.4, -0.2) is 10.5 Å². The molecule has 9 heteroatoms. The maximum absolute atomic E-state index is 13.4. The lowest BCUT2D eigenvalue weighted by molar-refractivity contribution is -0.142. The van der Waals surface area contributed by atoms with Gasteiger partial charge in [0.1, 0.15) is 11.3 Å². The van der Waals surface area contributed by atoms with Crippen molar-refractivity contribution >= 4 is 43.5 Å². The summed E-state index contributed by atoms with van der Waals surface area (Å²) in [5.41, 5.74) is -2.02. The van der Waals surface area contributed by atoms with Gasteiger partial charge in [0, 0.05) is 32.6 Å². The van der Waals surface area contributed by atoms with E-state index in [1.807, 2.05) is 0 Å². The lowest BCUT2D eigenvalue weighted by Crippen LogP contribution is -2.26. The van der Waals surface area contributed by atoms with Crippen LogP contribution >= 0.6 is 31.9 Å². The van der Waals surface area contributed by atoms with E-state index in [1.165, 1.54) is 12.1 Å². The zero-order chi connectivity index (χ0) is 20.5. The number of benzene rings is 2. The third kappa shape index (κ3) is 4.53. The van der Waals surface area contributed by atoms with Crippen LogP contribution in [0, 0.1) is 0 Å². The Hall–Kier alpha value is -2.39. The number of rotatable bonds is 3. The quantitative estimate of drug-likeness (QED) is 0.491. The molecule has 0 aliphatic rings. The first-order valence-corrected chi connectivity index (χ1v) is 9.40. The van der Waals surface area contributed by atoms with Crippen LogP contribution in [0.4, 0.5) is 18.9 Å². The van der Waals surface area contributed by atoms with E-state index in [-0.39, 0.29) is 5.69 Å². The van der Waals surface area contributed by atoms with E-state index < -0.39 is 28.8 Å². The monoisotopic (exact) mass is 514 g/mol. The van der Waals surface area contributed by atoms with Crippen molar-refractivity contribution in [3.63, 3.8) is 0 Å². The first-order valence-electron chi connectivity index (χ1n) is 7.82. The number of carbonyl (C=O) groups excluding carboxylic acids is 1. The van der Waals surface area contributed by atoms with Gasteiger partial charge in [-0.2, -0.15) is 13.2 Å². The summed E-state index contributed by atoms with van der Waals surface area (Å²) in [6, 6.07) is 13.0. The number of anilines is 1. The molecular weight excluding hydrogens is 505 g/mol. The maximum atomic E-state index is 13.4. The second kappa shape index (κ2) is 7.92. The van der Waals surface area contributed by atoms with Crippen LogP contribution < -0.4 is 10.7 Å². The predicted octanol–water partition coefficient (Wildman–Crippen LogP) is 5.63. The van der Waals surface area contributed by atoms with E-state index in [2.05, 4.69) is 37.2 Å². The molecule has 0 fully saturated rings. The number of aromatic nitrogens is 1. The highest BCUT2D eigenvalue weighted by molar-refractivity contribution is 9.10. The highest BCUT2D eigenvalue weighted by Crippen LogP contribution is 2.30. The molecule has 1 heterocycles. The Kier molecular flexibility index (Phi) is 5.76. The molecule has 1 aromatic heterocycles. The third-order valence-electron chi connectivity index (χ3n) is 3.79. The fourth-order valence-corrected chi connectivity index (χ4v) is 3.00. The molecule has 0 saturated heterocycles. The summed E-state index contributed by atoms with van der Waals surface area (Å²) in [4.78, 5) is 24.7. The minimum Gasteiger partial charge on any atom is -0.322 e. The number of nitrogens with one attached hydrogen (secondary N) is 1. The molecule has 0 spiro atoms. The van der Waals surface area contributed by atoms with Gasteiger partial charge < -0.3 is 9.88 Å². The Morgan fingerprint density at radius 2 is 1.46 bits per heavy atom. The molecule has 0 unspecified atom stereocenters. The fourth-order valence-electron chi connectivity index (χ4n) is 2.47. The van der Waals surface area contributed by atoms with Gasteiger partial charge in [-0.15, -0.1) is 0 Å². The molecule has 1 amide bonds. The lowest BCUT2D eigenvalue weighted by Gasteiger charge is -2.17. The first-order chi connectivity index (χ1) is 13.1. The van der Waals surface area contributed by atoms with Crippen molar-refractivity contribution in [1.82, 2.24) is 4.57 Å². The van der Waals surface area contributed by atoms with Crippen molar-refractivity contribution in [2.45, 2.75) is 6.18 Å². The number of amides is 1.